The summed E-state index contributed by atoms with van der Waals surface area (Å²) in [5, 5.41) is 13.3. The molecule has 0 saturated carbocycles. The number of hydrogen-bond donors (Lipinski definition) is 1. The van der Waals surface area contributed by atoms with Crippen LogP contribution in [0.15, 0.2) is 63.1 Å². The molecule has 1 aliphatic rings. The minimum atomic E-state index is -0.878. The molecule has 10 nitrogen and oxygen atoms in total. The summed E-state index contributed by atoms with van der Waals surface area (Å²) in [5.41, 5.74) is -0.226. The Hall–Kier alpha value is -4.18. The zero-order valence-corrected chi connectivity index (χ0v) is 16.3. The smallest absolute Gasteiger partial charge is 0.331 e. The Bertz CT molecular complexity index is 1240. The number of nitro groups is 1. The van der Waals surface area contributed by atoms with Crippen LogP contribution < -0.4 is 5.32 Å². The van der Waals surface area contributed by atoms with Crippen molar-refractivity contribution < 1.29 is 28.1 Å². The first-order valence-corrected chi connectivity index (χ1v) is 9.16. The summed E-state index contributed by atoms with van der Waals surface area (Å²) in [4.78, 5) is 48.3. The molecule has 1 fully saturated rings. The third-order valence-corrected chi connectivity index (χ3v) is 4.75. The average Bonchev–Trinajstić information content (AvgIpc) is 3.40. The van der Waals surface area contributed by atoms with E-state index < -0.39 is 22.8 Å². The highest BCUT2D eigenvalue weighted by atomic mass is 35.5. The van der Waals surface area contributed by atoms with E-state index >= 15 is 0 Å². The number of hydrogen-bond acceptors (Lipinski definition) is 7. The van der Waals surface area contributed by atoms with Gasteiger partial charge in [0.25, 0.3) is 17.5 Å². The highest BCUT2D eigenvalue weighted by Crippen LogP contribution is 2.33. The number of nitro benzene ring substituents is 1. The number of non-ortho nitro benzene ring substituents is 1. The topological polar surface area (TPSA) is 136 Å². The molecular weight excluding hydrogens is 430 g/mol. The largest absolute Gasteiger partial charge is 0.467 e. The summed E-state index contributed by atoms with van der Waals surface area (Å²) < 4.78 is 10.8. The molecule has 1 aliphatic heterocycles. The van der Waals surface area contributed by atoms with E-state index in [9.17, 15) is 24.5 Å². The number of halogens is 1. The van der Waals surface area contributed by atoms with Gasteiger partial charge in [0.05, 0.1) is 22.8 Å². The minimum absolute atomic E-state index is 0.114. The zero-order valence-electron chi connectivity index (χ0n) is 15.5. The number of urea groups is 1. The van der Waals surface area contributed by atoms with Gasteiger partial charge in [0.15, 0.2) is 0 Å². The van der Waals surface area contributed by atoms with Crippen LogP contribution in [0.4, 0.5) is 10.5 Å². The fraction of sp³-hybridized carbons (Fsp3) is 0.0500. The van der Waals surface area contributed by atoms with Crippen molar-refractivity contribution in [2.75, 3.05) is 0 Å². The van der Waals surface area contributed by atoms with Crippen molar-refractivity contribution in [1.82, 2.24) is 10.2 Å². The van der Waals surface area contributed by atoms with E-state index in [0.717, 1.165) is 4.90 Å². The molecule has 0 aliphatic carbocycles. The van der Waals surface area contributed by atoms with Gasteiger partial charge in [-0.05, 0) is 36.4 Å². The fourth-order valence-corrected chi connectivity index (χ4v) is 3.14. The molecule has 1 aromatic carbocycles. The first kappa shape index (κ1) is 20.1. The third kappa shape index (κ3) is 3.96. The molecule has 4 amide bonds. The number of barbiturate groups is 1. The van der Waals surface area contributed by atoms with Gasteiger partial charge in [-0.15, -0.1) is 0 Å². The monoisotopic (exact) mass is 441 g/mol. The first-order valence-electron chi connectivity index (χ1n) is 8.79. The lowest BCUT2D eigenvalue weighted by molar-refractivity contribution is -0.384. The molecular formula is C20H12ClN3O7. The van der Waals surface area contributed by atoms with Crippen LogP contribution in [-0.4, -0.2) is 27.7 Å². The number of carbonyl (C=O) groups excluding carboxylic acids is 3. The second kappa shape index (κ2) is 7.92. The Morgan fingerprint density at radius 2 is 1.97 bits per heavy atom. The van der Waals surface area contributed by atoms with E-state index in [0.29, 0.717) is 5.76 Å². The normalized spacial score (nSPS) is 15.5. The number of nitrogens with zero attached hydrogens (tertiary/aromatic N) is 2. The van der Waals surface area contributed by atoms with Crippen LogP contribution in [0.2, 0.25) is 5.02 Å². The Morgan fingerprint density at radius 1 is 1.16 bits per heavy atom. The second-order valence-corrected chi connectivity index (χ2v) is 6.82. The Balaban J connectivity index is 1.64. The zero-order chi connectivity index (χ0) is 22.1. The van der Waals surface area contributed by atoms with E-state index in [-0.39, 0.29) is 39.9 Å². The molecule has 4 rings (SSSR count). The Labute approximate surface area is 178 Å². The lowest BCUT2D eigenvalue weighted by Gasteiger charge is -2.25. The number of nitrogens with one attached hydrogen (secondary N) is 1. The molecule has 31 heavy (non-hydrogen) atoms. The fourth-order valence-electron chi connectivity index (χ4n) is 2.93. The van der Waals surface area contributed by atoms with Crippen molar-refractivity contribution in [2.24, 2.45) is 0 Å². The van der Waals surface area contributed by atoms with E-state index in [1.54, 1.807) is 12.1 Å². The van der Waals surface area contributed by atoms with Crippen LogP contribution in [0.3, 0.4) is 0 Å². The molecule has 0 radical (unpaired) electrons. The summed E-state index contributed by atoms with van der Waals surface area (Å²) in [5.74, 6) is -1.03. The molecule has 156 valence electrons. The van der Waals surface area contributed by atoms with Gasteiger partial charge in [0.1, 0.15) is 22.9 Å². The summed E-state index contributed by atoms with van der Waals surface area (Å²) in [7, 11) is 0. The molecule has 3 heterocycles. The lowest BCUT2D eigenvalue weighted by atomic mass is 10.1. The number of amides is 4. The van der Waals surface area contributed by atoms with Crippen LogP contribution in [-0.2, 0) is 16.1 Å². The summed E-state index contributed by atoms with van der Waals surface area (Å²) in [6.07, 6.45) is 2.57. The van der Waals surface area contributed by atoms with Gasteiger partial charge >= 0.3 is 6.03 Å². The van der Waals surface area contributed by atoms with Crippen molar-refractivity contribution in [1.29, 1.82) is 0 Å². The van der Waals surface area contributed by atoms with Crippen molar-refractivity contribution in [3.05, 3.63) is 81.0 Å². The van der Waals surface area contributed by atoms with Crippen molar-refractivity contribution in [2.45, 2.75) is 6.54 Å². The predicted molar refractivity (Wildman–Crippen MR) is 107 cm³/mol. The number of carbonyl (C=O) groups is 3. The molecule has 0 spiro atoms. The molecule has 0 atom stereocenters. The maximum Gasteiger partial charge on any atom is 0.331 e. The highest BCUT2D eigenvalue weighted by molar-refractivity contribution is 6.33. The molecule has 0 bridgehead atoms. The molecule has 1 saturated heterocycles. The molecule has 0 unspecified atom stereocenters. The number of rotatable bonds is 5. The minimum Gasteiger partial charge on any atom is -0.467 e. The standard InChI is InChI=1S/C20H12ClN3O7/c21-16-5-3-11(24(28)29)8-14(16)17-6-4-12(31-17)9-15-18(25)22-20(27)23(19(15)26)10-13-2-1-7-30-13/h1-9H,10H2,(H,22,25,27)/b15-9+. The van der Waals surface area contributed by atoms with Gasteiger partial charge in [-0.2, -0.15) is 0 Å². The van der Waals surface area contributed by atoms with E-state index in [4.69, 9.17) is 20.4 Å². The highest BCUT2D eigenvalue weighted by Gasteiger charge is 2.36. The van der Waals surface area contributed by atoms with Crippen molar-refractivity contribution in [3.63, 3.8) is 0 Å². The van der Waals surface area contributed by atoms with Crippen LogP contribution in [0, 0.1) is 10.1 Å². The van der Waals surface area contributed by atoms with Gasteiger partial charge in [-0.25, -0.2) is 4.79 Å². The van der Waals surface area contributed by atoms with E-state index in [2.05, 4.69) is 5.32 Å². The van der Waals surface area contributed by atoms with Crippen molar-refractivity contribution >= 4 is 41.2 Å². The first-order chi connectivity index (χ1) is 14.8. The van der Waals surface area contributed by atoms with Crippen LogP contribution in [0.5, 0.6) is 0 Å². The van der Waals surface area contributed by atoms with Crippen LogP contribution in [0.25, 0.3) is 17.4 Å². The number of imide groups is 2. The van der Waals surface area contributed by atoms with Gasteiger partial charge in [-0.1, -0.05) is 11.6 Å². The third-order valence-electron chi connectivity index (χ3n) is 4.42. The summed E-state index contributed by atoms with van der Waals surface area (Å²) >= 11 is 6.12. The van der Waals surface area contributed by atoms with Crippen molar-refractivity contribution in [3.8, 4) is 11.3 Å². The molecule has 1 N–H and O–H groups in total. The van der Waals surface area contributed by atoms with Crippen LogP contribution in [0.1, 0.15) is 11.5 Å². The maximum absolute atomic E-state index is 12.7. The molecule has 11 heteroatoms. The Kier molecular flexibility index (Phi) is 5.14. The molecule has 3 aromatic rings. The van der Waals surface area contributed by atoms with Gasteiger partial charge < -0.3 is 8.83 Å². The quantitative estimate of drug-likeness (QED) is 0.275. The molecule has 2 aromatic heterocycles. The predicted octanol–water partition coefficient (Wildman–Crippen LogP) is 3.76. The average molecular weight is 442 g/mol. The van der Waals surface area contributed by atoms with E-state index in [1.807, 2.05) is 0 Å². The van der Waals surface area contributed by atoms with Gasteiger partial charge in [0.2, 0.25) is 0 Å². The van der Waals surface area contributed by atoms with Gasteiger partial charge in [-0.3, -0.25) is 29.9 Å². The summed E-state index contributed by atoms with van der Waals surface area (Å²) in [6.45, 7) is -0.158. The van der Waals surface area contributed by atoms with Gasteiger partial charge in [0, 0.05) is 17.7 Å². The summed E-state index contributed by atoms with van der Waals surface area (Å²) in [6, 6.07) is 9.15. The van der Waals surface area contributed by atoms with Crippen LogP contribution >= 0.6 is 11.6 Å². The second-order valence-electron chi connectivity index (χ2n) is 6.41. The van der Waals surface area contributed by atoms with E-state index in [1.165, 1.54) is 42.7 Å². The number of benzene rings is 1. The lowest BCUT2D eigenvalue weighted by Crippen LogP contribution is -2.53. The maximum atomic E-state index is 12.7. The Morgan fingerprint density at radius 3 is 2.68 bits per heavy atom. The SMILES string of the molecule is O=C1NC(=O)N(Cc2ccco2)C(=O)/C1=C/c1ccc(-c2cc([N+](=O)[O-])ccc2Cl)o1. The number of furan rings is 2.